The maximum Gasteiger partial charge on any atom is 0.293 e. The summed E-state index contributed by atoms with van der Waals surface area (Å²) in [4.78, 5) is 26.1. The number of piperidine rings is 1. The smallest absolute Gasteiger partial charge is 0.293 e. The molecule has 1 aliphatic rings. The number of aromatic nitrogens is 1. The maximum atomic E-state index is 13.8. The average molecular weight is 434 g/mol. The van der Waals surface area contributed by atoms with E-state index in [0.29, 0.717) is 0 Å². The molecule has 1 fully saturated rings. The Balaban J connectivity index is 2.22. The van der Waals surface area contributed by atoms with Crippen LogP contribution in [0.15, 0.2) is 10.8 Å². The lowest BCUT2D eigenvalue weighted by molar-refractivity contribution is 0.0946. The summed E-state index contributed by atoms with van der Waals surface area (Å²) < 4.78 is 176. The van der Waals surface area contributed by atoms with Crippen molar-refractivity contribution in [3.63, 3.8) is 0 Å². The molecule has 2 aromatic heterocycles. The summed E-state index contributed by atoms with van der Waals surface area (Å²) in [6, 6.07) is -4.69. The second-order valence-corrected chi connectivity index (χ2v) is 6.50. The number of likely N-dealkylation sites (tertiary alicyclic amines) is 1. The first-order valence-corrected chi connectivity index (χ1v) is 8.39. The third-order valence-electron chi connectivity index (χ3n) is 3.23. The molecule has 1 amide bonds. The van der Waals surface area contributed by atoms with Gasteiger partial charge in [-0.25, -0.2) is 0 Å². The Bertz CT molecular complexity index is 1670. The van der Waals surface area contributed by atoms with Gasteiger partial charge in [-0.1, -0.05) is 18.0 Å². The summed E-state index contributed by atoms with van der Waals surface area (Å²) >= 11 is 6.23. The minimum atomic E-state index is -3.93. The van der Waals surface area contributed by atoms with Gasteiger partial charge in [-0.05, 0) is 58.4 Å². The van der Waals surface area contributed by atoms with E-state index in [4.69, 9.17) is 41.9 Å². The van der Waals surface area contributed by atoms with Crippen LogP contribution in [0.5, 0.6) is 5.75 Å². The van der Waals surface area contributed by atoms with Crippen molar-refractivity contribution in [2.45, 2.75) is 45.3 Å². The number of nitrogens with one attached hydrogen (secondary N) is 1. The highest BCUT2D eigenvalue weighted by Crippen LogP contribution is 2.36. The molecular weight excluding hydrogens is 386 g/mol. The summed E-state index contributed by atoms with van der Waals surface area (Å²) in [6.45, 7) is -20.4. The zero-order valence-electron chi connectivity index (χ0n) is 35.3. The summed E-state index contributed by atoms with van der Waals surface area (Å²) in [6.07, 6.45) is -13.1. The molecule has 6 nitrogen and oxygen atoms in total. The second kappa shape index (κ2) is 8.63. The number of pyridine rings is 1. The molecule has 27 heavy (non-hydrogen) atoms. The van der Waals surface area contributed by atoms with Crippen LogP contribution >= 0.6 is 22.9 Å². The lowest BCUT2D eigenvalue weighted by atomic mass is 10.1. The highest BCUT2D eigenvalue weighted by atomic mass is 35.5. The van der Waals surface area contributed by atoms with E-state index in [-0.39, 0.29) is 21.2 Å². The van der Waals surface area contributed by atoms with E-state index in [1.54, 1.807) is 0 Å². The normalized spacial score (nSPS) is 38.6. The molecule has 2 N–H and O–H groups in total. The maximum absolute atomic E-state index is 13.8. The predicted octanol–water partition coefficient (Wildman–Crippen LogP) is 3.61. The quantitative estimate of drug-likeness (QED) is 0.699. The van der Waals surface area contributed by atoms with Gasteiger partial charge in [-0.3, -0.25) is 14.2 Å². The molecule has 0 spiro atoms. The molecule has 3 rings (SSSR count). The van der Waals surface area contributed by atoms with Crippen molar-refractivity contribution in [2.24, 2.45) is 0 Å². The number of aromatic hydroxyl groups is 1. The van der Waals surface area contributed by atoms with E-state index in [1.807, 2.05) is 0 Å². The number of amides is 1. The SMILES string of the molecule is [2H]Oc1c(C(=O)N([2H])CCC([2H])([2H])N2C([2H])([2H])C([2H])([2H])C([2H])([2H])C([2H])([2H])C2([2H])[2H])c(=O)n(C([2H])(C([2H])([2H])[2H])C([2H])([2H])[2H])c2sc(Cl)c([2H])c12. The van der Waals surface area contributed by atoms with Crippen LogP contribution in [0.3, 0.4) is 0 Å². The molecule has 0 aliphatic carbocycles. The Kier molecular flexibility index (Phi) is 1.98. The van der Waals surface area contributed by atoms with E-state index in [1.165, 1.54) is 0 Å². The summed E-state index contributed by atoms with van der Waals surface area (Å²) in [7, 11) is 0. The van der Waals surface area contributed by atoms with Crippen LogP contribution in [0, 0.1) is 0 Å². The van der Waals surface area contributed by atoms with Crippen molar-refractivity contribution in [1.29, 1.82) is 1.43 Å². The van der Waals surface area contributed by atoms with Crippen LogP contribution < -0.4 is 10.9 Å². The fourth-order valence-electron chi connectivity index (χ4n) is 2.15. The van der Waals surface area contributed by atoms with E-state index in [9.17, 15) is 9.59 Å². The van der Waals surface area contributed by atoms with Gasteiger partial charge in [0.2, 0.25) is 0 Å². The topological polar surface area (TPSA) is 74.6 Å². The van der Waals surface area contributed by atoms with Crippen LogP contribution in [-0.2, 0) is 0 Å². The molecular formula is C19H26ClN3O3S. The minimum absolute atomic E-state index is 0.172. The molecule has 0 atom stereocenters. The van der Waals surface area contributed by atoms with Crippen molar-refractivity contribution in [3.05, 3.63) is 26.3 Å². The number of hydrogen-bond acceptors (Lipinski definition) is 5. The molecule has 0 saturated carbocycles. The van der Waals surface area contributed by atoms with E-state index in [0.717, 1.165) is 0 Å². The van der Waals surface area contributed by atoms with Gasteiger partial charge < -0.3 is 15.3 Å². The third-order valence-corrected chi connectivity index (χ3v) is 4.42. The number of rotatable bonds is 7. The van der Waals surface area contributed by atoms with Gasteiger partial charge >= 0.3 is 0 Å². The predicted molar refractivity (Wildman–Crippen MR) is 110 cm³/mol. The largest absolute Gasteiger partial charge is 0.506 e. The molecule has 8 heteroatoms. The summed E-state index contributed by atoms with van der Waals surface area (Å²) in [5.41, 5.74) is -3.41. The van der Waals surface area contributed by atoms with Gasteiger partial charge in [0, 0.05) is 37.2 Å². The van der Waals surface area contributed by atoms with Crippen molar-refractivity contribution in [1.82, 2.24) is 14.8 Å². The van der Waals surface area contributed by atoms with Crippen molar-refractivity contribution >= 4 is 39.1 Å². The molecule has 0 unspecified atom stereocenters. The number of hydrogen-bond donors (Lipinski definition) is 2. The zero-order chi connectivity index (χ0) is 38.7. The first-order chi connectivity index (χ1) is 21.6. The number of fused-ring (bicyclic) bond motifs is 1. The Hall–Kier alpha value is -1.57. The van der Waals surface area contributed by atoms with Gasteiger partial charge in [0.15, 0.2) is 1.41 Å². The monoisotopic (exact) mass is 433 g/mol. The van der Waals surface area contributed by atoms with Crippen LogP contribution in [0.4, 0.5) is 0 Å². The van der Waals surface area contributed by atoms with Gasteiger partial charge in [0.05, 0.1) is 12.5 Å². The fraction of sp³-hybridized carbons (Fsp3) is 0.579. The molecule has 1 aliphatic heterocycles. The highest BCUT2D eigenvalue weighted by Gasteiger charge is 2.24. The summed E-state index contributed by atoms with van der Waals surface area (Å²) in [5.74, 6) is -3.02. The van der Waals surface area contributed by atoms with Crippen LogP contribution in [0.2, 0.25) is 5.75 Å². The summed E-state index contributed by atoms with van der Waals surface area (Å²) in [5, 5.41) is 3.35. The van der Waals surface area contributed by atoms with E-state index >= 15 is 0 Å². The van der Waals surface area contributed by atoms with Crippen LogP contribution in [0.1, 0.15) is 83.0 Å². The van der Waals surface area contributed by atoms with E-state index in [2.05, 4.69) is 5.11 Å². The third kappa shape index (κ3) is 4.31. The lowest BCUT2D eigenvalue weighted by Gasteiger charge is -2.26. The average Bonchev–Trinajstić information content (AvgIpc) is 3.20. The second-order valence-electron chi connectivity index (χ2n) is 4.90. The number of thiophene rings is 1. The number of carbonyl (C=O) groups excluding carboxylic acids is 1. The highest BCUT2D eigenvalue weighted by molar-refractivity contribution is 7.22. The first-order valence-electron chi connectivity index (χ1n) is 18.1. The Morgan fingerprint density at radius 1 is 1.63 bits per heavy atom. The lowest BCUT2D eigenvalue weighted by Crippen LogP contribution is -2.36. The number of halogens is 1. The van der Waals surface area contributed by atoms with E-state index < -0.39 is 120 Å². The first kappa shape index (κ1) is 6.21. The van der Waals surface area contributed by atoms with Gasteiger partial charge in [0.25, 0.3) is 12.9 Å². The molecule has 148 valence electrons. The van der Waals surface area contributed by atoms with Crippen LogP contribution in [0.25, 0.3) is 10.2 Å². The number of nitrogens with zero attached hydrogens (tertiary/aromatic N) is 2. The Labute approximate surface area is 198 Å². The zero-order valence-corrected chi connectivity index (χ0v) is 14.8. The molecule has 3 heterocycles. The Morgan fingerprint density at radius 3 is 3.11 bits per heavy atom. The standard InChI is InChI=1S/C19H26ClN3O3S/c1-12(2)23-18(26)15(16(24)13-11-14(20)27-19(13)23)17(25)21-7-6-10-22-8-4-3-5-9-22/h11-12,24H,3-10H2,1-2H3,(H,21,25)/i1D3,2D3,3D2,4D2,5D2,8D2,9D2,10D2,11D,12D/hD2. The molecule has 0 radical (unpaired) electrons. The van der Waals surface area contributed by atoms with Gasteiger partial charge in [-0.15, -0.1) is 11.3 Å². The van der Waals surface area contributed by atoms with Gasteiger partial charge in [-0.2, -0.15) is 0 Å². The number of carbonyl (C=O) groups is 1. The van der Waals surface area contributed by atoms with Crippen molar-refractivity contribution in [2.75, 3.05) is 26.0 Å². The fourth-order valence-corrected chi connectivity index (χ4v) is 3.29. The Morgan fingerprint density at radius 2 is 2.41 bits per heavy atom. The molecule has 0 aromatic carbocycles. The molecule has 0 bridgehead atoms. The molecule has 2 aromatic rings. The van der Waals surface area contributed by atoms with Crippen LogP contribution in [-0.4, -0.2) is 47.9 Å². The van der Waals surface area contributed by atoms with Crippen molar-refractivity contribution in [3.8, 4) is 5.75 Å². The minimum Gasteiger partial charge on any atom is -0.506 e. The van der Waals surface area contributed by atoms with Gasteiger partial charge in [0.1, 0.15) is 16.1 Å². The van der Waals surface area contributed by atoms with Crippen molar-refractivity contribution < 1.29 is 38.7 Å². The molecule has 1 saturated heterocycles.